The average Bonchev–Trinajstić information content (AvgIpc) is 3.17. The quantitative estimate of drug-likeness (QED) is 0.784. The summed E-state index contributed by atoms with van der Waals surface area (Å²) in [6.45, 7) is 4.89. The Labute approximate surface area is 152 Å². The van der Waals surface area contributed by atoms with Gasteiger partial charge in [0.25, 0.3) is 5.91 Å². The van der Waals surface area contributed by atoms with Crippen molar-refractivity contribution in [2.75, 3.05) is 20.2 Å². The number of amides is 2. The van der Waals surface area contributed by atoms with Gasteiger partial charge in [0.2, 0.25) is 5.91 Å². The van der Waals surface area contributed by atoms with Crippen LogP contribution in [0.4, 0.5) is 0 Å². The highest BCUT2D eigenvalue weighted by molar-refractivity contribution is 7.08. The van der Waals surface area contributed by atoms with Crippen molar-refractivity contribution in [1.82, 2.24) is 10.2 Å². The molecule has 1 N–H and O–H groups in total. The third-order valence-electron chi connectivity index (χ3n) is 4.11. The van der Waals surface area contributed by atoms with E-state index in [4.69, 9.17) is 4.74 Å². The van der Waals surface area contributed by atoms with Crippen molar-refractivity contribution in [3.8, 4) is 5.75 Å². The second kappa shape index (κ2) is 9.22. The zero-order chi connectivity index (χ0) is 18.2. The Morgan fingerprint density at radius 2 is 2.12 bits per heavy atom. The molecule has 1 atom stereocenters. The molecule has 0 radical (unpaired) electrons. The molecule has 2 rings (SSSR count). The lowest BCUT2D eigenvalue weighted by atomic mass is 10.1. The zero-order valence-electron chi connectivity index (χ0n) is 14.8. The van der Waals surface area contributed by atoms with Gasteiger partial charge in [0.1, 0.15) is 5.75 Å². The summed E-state index contributed by atoms with van der Waals surface area (Å²) in [5.74, 6) is 0.650. The summed E-state index contributed by atoms with van der Waals surface area (Å²) in [4.78, 5) is 26.3. The van der Waals surface area contributed by atoms with E-state index in [2.05, 4.69) is 5.32 Å². The molecular weight excluding hydrogens is 336 g/mol. The van der Waals surface area contributed by atoms with Gasteiger partial charge >= 0.3 is 0 Å². The van der Waals surface area contributed by atoms with Gasteiger partial charge in [-0.15, -0.1) is 0 Å². The maximum Gasteiger partial charge on any atom is 0.252 e. The Kier molecular flexibility index (Phi) is 7.01. The van der Waals surface area contributed by atoms with Crippen molar-refractivity contribution >= 4 is 23.2 Å². The van der Waals surface area contributed by atoms with Gasteiger partial charge in [-0.25, -0.2) is 0 Å². The van der Waals surface area contributed by atoms with E-state index in [9.17, 15) is 9.59 Å². The van der Waals surface area contributed by atoms with Crippen LogP contribution in [-0.4, -0.2) is 36.9 Å². The fourth-order valence-electron chi connectivity index (χ4n) is 2.67. The van der Waals surface area contributed by atoms with E-state index in [1.54, 1.807) is 18.6 Å². The maximum absolute atomic E-state index is 12.6. The lowest BCUT2D eigenvalue weighted by Crippen LogP contribution is -2.36. The predicted molar refractivity (Wildman–Crippen MR) is 100 cm³/mol. The Hall–Kier alpha value is -2.34. The molecule has 0 bridgehead atoms. The molecule has 0 saturated heterocycles. The lowest BCUT2D eigenvalue weighted by molar-refractivity contribution is -0.133. The smallest absolute Gasteiger partial charge is 0.252 e. The molecule has 6 heteroatoms. The van der Waals surface area contributed by atoms with Crippen molar-refractivity contribution in [2.45, 2.75) is 26.3 Å². The average molecular weight is 360 g/mol. The highest BCUT2D eigenvalue weighted by atomic mass is 32.1. The van der Waals surface area contributed by atoms with E-state index in [0.717, 1.165) is 11.3 Å². The van der Waals surface area contributed by atoms with Gasteiger partial charge in [-0.3, -0.25) is 9.59 Å². The monoisotopic (exact) mass is 360 g/mol. The number of thiophene rings is 1. The topological polar surface area (TPSA) is 58.6 Å². The van der Waals surface area contributed by atoms with Crippen LogP contribution in [0.2, 0.25) is 0 Å². The van der Waals surface area contributed by atoms with E-state index < -0.39 is 0 Å². The first-order valence-corrected chi connectivity index (χ1v) is 9.25. The third-order valence-corrected chi connectivity index (χ3v) is 4.80. The Morgan fingerprint density at radius 1 is 1.32 bits per heavy atom. The molecule has 1 heterocycles. The molecule has 2 aromatic rings. The fourth-order valence-corrected chi connectivity index (χ4v) is 3.31. The van der Waals surface area contributed by atoms with Crippen molar-refractivity contribution in [2.24, 2.45) is 0 Å². The van der Waals surface area contributed by atoms with E-state index >= 15 is 0 Å². The first-order valence-electron chi connectivity index (χ1n) is 8.30. The number of hydrogen-bond donors (Lipinski definition) is 1. The van der Waals surface area contributed by atoms with Crippen LogP contribution in [0.3, 0.4) is 0 Å². The van der Waals surface area contributed by atoms with E-state index in [0.29, 0.717) is 18.7 Å². The van der Waals surface area contributed by atoms with Gasteiger partial charge in [0.15, 0.2) is 0 Å². The summed E-state index contributed by atoms with van der Waals surface area (Å²) in [6.07, 6.45) is 0.276. The summed E-state index contributed by atoms with van der Waals surface area (Å²) in [5, 5.41) is 6.44. The van der Waals surface area contributed by atoms with Gasteiger partial charge in [0.05, 0.1) is 13.2 Å². The Bertz CT molecular complexity index is 700. The van der Waals surface area contributed by atoms with Gasteiger partial charge in [-0.2, -0.15) is 11.3 Å². The highest BCUT2D eigenvalue weighted by Crippen LogP contribution is 2.24. The van der Waals surface area contributed by atoms with Crippen LogP contribution < -0.4 is 10.1 Å². The number of carbonyl (C=O) groups is 2. The molecule has 0 aliphatic carbocycles. The molecule has 1 unspecified atom stereocenters. The van der Waals surface area contributed by atoms with Crippen LogP contribution in [0.15, 0.2) is 41.1 Å². The standard InChI is InChI=1S/C19H24N2O3S/c1-4-21(14(2)15-6-5-7-17(12-15)24-3)18(22)8-10-20-19(23)16-9-11-25-13-16/h5-7,9,11-14H,4,8,10H2,1-3H3,(H,20,23). The molecule has 0 fully saturated rings. The largest absolute Gasteiger partial charge is 0.497 e. The van der Waals surface area contributed by atoms with Crippen LogP contribution in [-0.2, 0) is 4.79 Å². The van der Waals surface area contributed by atoms with E-state index in [1.165, 1.54) is 11.3 Å². The Balaban J connectivity index is 1.92. The molecule has 2 amide bonds. The maximum atomic E-state index is 12.6. The fraction of sp³-hybridized carbons (Fsp3) is 0.368. The molecule has 1 aromatic heterocycles. The van der Waals surface area contributed by atoms with Crippen LogP contribution >= 0.6 is 11.3 Å². The van der Waals surface area contributed by atoms with Gasteiger partial charge in [-0.05, 0) is 43.0 Å². The minimum atomic E-state index is -0.141. The number of benzene rings is 1. The number of methoxy groups -OCH3 is 1. The van der Waals surface area contributed by atoms with Crippen molar-refractivity contribution in [3.63, 3.8) is 0 Å². The van der Waals surface area contributed by atoms with Crippen LogP contribution in [0, 0.1) is 0 Å². The number of rotatable bonds is 8. The van der Waals surface area contributed by atoms with Gasteiger partial charge in [0, 0.05) is 30.5 Å². The number of ether oxygens (including phenoxy) is 1. The molecular formula is C19H24N2O3S. The van der Waals surface area contributed by atoms with E-state index in [-0.39, 0.29) is 24.3 Å². The molecule has 25 heavy (non-hydrogen) atoms. The van der Waals surface area contributed by atoms with Crippen LogP contribution in [0.25, 0.3) is 0 Å². The van der Waals surface area contributed by atoms with Crippen molar-refractivity contribution in [3.05, 3.63) is 52.2 Å². The number of nitrogens with one attached hydrogen (secondary N) is 1. The summed E-state index contributed by atoms with van der Waals surface area (Å²) in [6, 6.07) is 9.45. The first kappa shape index (κ1) is 19.0. The predicted octanol–water partition coefficient (Wildman–Crippen LogP) is 3.49. The Morgan fingerprint density at radius 3 is 2.76 bits per heavy atom. The zero-order valence-corrected chi connectivity index (χ0v) is 15.6. The lowest BCUT2D eigenvalue weighted by Gasteiger charge is -2.29. The van der Waals surface area contributed by atoms with Crippen LogP contribution in [0.5, 0.6) is 5.75 Å². The third kappa shape index (κ3) is 5.06. The molecule has 0 aliphatic rings. The molecule has 0 saturated carbocycles. The molecule has 0 spiro atoms. The SMILES string of the molecule is CCN(C(=O)CCNC(=O)c1ccsc1)C(C)c1cccc(OC)c1. The second-order valence-corrected chi connectivity index (χ2v) is 6.43. The summed E-state index contributed by atoms with van der Waals surface area (Å²) < 4.78 is 5.26. The highest BCUT2D eigenvalue weighted by Gasteiger charge is 2.20. The van der Waals surface area contributed by atoms with Crippen LogP contribution in [0.1, 0.15) is 42.2 Å². The first-order chi connectivity index (χ1) is 12.1. The van der Waals surface area contributed by atoms with Gasteiger partial charge in [-0.1, -0.05) is 12.1 Å². The summed E-state index contributed by atoms with van der Waals surface area (Å²) >= 11 is 1.47. The molecule has 5 nitrogen and oxygen atoms in total. The molecule has 0 aliphatic heterocycles. The number of hydrogen-bond acceptors (Lipinski definition) is 4. The molecule has 1 aromatic carbocycles. The normalized spacial score (nSPS) is 11.6. The minimum absolute atomic E-state index is 0.0171. The second-order valence-electron chi connectivity index (χ2n) is 5.65. The summed E-state index contributed by atoms with van der Waals surface area (Å²) in [5.41, 5.74) is 1.66. The number of nitrogens with zero attached hydrogens (tertiary/aromatic N) is 1. The molecule has 134 valence electrons. The van der Waals surface area contributed by atoms with Crippen molar-refractivity contribution in [1.29, 1.82) is 0 Å². The van der Waals surface area contributed by atoms with Gasteiger partial charge < -0.3 is 15.0 Å². The van der Waals surface area contributed by atoms with E-state index in [1.807, 2.05) is 48.4 Å². The summed E-state index contributed by atoms with van der Waals surface area (Å²) in [7, 11) is 1.63. The minimum Gasteiger partial charge on any atom is -0.497 e. The van der Waals surface area contributed by atoms with Crippen molar-refractivity contribution < 1.29 is 14.3 Å². The number of carbonyl (C=O) groups excluding carboxylic acids is 2.